The Morgan fingerprint density at radius 1 is 1.53 bits per heavy atom. The van der Waals surface area contributed by atoms with E-state index in [2.05, 4.69) is 19.9 Å². The number of aromatic nitrogens is 4. The van der Waals surface area contributed by atoms with Crippen molar-refractivity contribution in [2.45, 2.75) is 19.6 Å². The maximum Gasteiger partial charge on any atom is 0.145 e. The number of fused-ring (bicyclic) bond motifs is 1. The molecule has 3 heterocycles. The summed E-state index contributed by atoms with van der Waals surface area (Å²) in [5, 5.41) is 0.290. The van der Waals surface area contributed by atoms with Crippen molar-refractivity contribution in [1.29, 1.82) is 0 Å². The Bertz CT molecular complexity index is 562. The molecular formula is C10H10ClN5O. The van der Waals surface area contributed by atoms with E-state index in [-0.39, 0.29) is 6.10 Å². The number of nitrogens with two attached hydrogens (primary N) is 1. The van der Waals surface area contributed by atoms with Crippen LogP contribution >= 0.6 is 11.6 Å². The Hall–Kier alpha value is -1.66. The maximum atomic E-state index is 6.00. The van der Waals surface area contributed by atoms with E-state index in [1.165, 1.54) is 6.33 Å². The lowest BCUT2D eigenvalue weighted by Crippen LogP contribution is -1.99. The molecule has 1 aliphatic rings. The molecule has 0 saturated carbocycles. The maximum absolute atomic E-state index is 6.00. The molecule has 6 nitrogen and oxygen atoms in total. The number of aromatic amines is 1. The highest BCUT2D eigenvalue weighted by Crippen LogP contribution is 2.34. The topological polar surface area (TPSA) is 89.7 Å². The third-order valence-corrected chi connectivity index (χ3v) is 3.03. The lowest BCUT2D eigenvalue weighted by molar-refractivity contribution is 0.0762. The summed E-state index contributed by atoms with van der Waals surface area (Å²) in [6, 6.07) is 0. The number of nitrogen functional groups attached to an aromatic ring is 1. The minimum absolute atomic E-state index is 0.0142. The van der Waals surface area contributed by atoms with Crippen LogP contribution in [0.2, 0.25) is 5.15 Å². The number of imidazole rings is 1. The van der Waals surface area contributed by atoms with Crippen molar-refractivity contribution in [2.75, 3.05) is 5.73 Å². The average molecular weight is 252 g/mol. The number of halogens is 1. The monoisotopic (exact) mass is 251 g/mol. The quantitative estimate of drug-likeness (QED) is 0.753. The first-order valence-electron chi connectivity index (χ1n) is 5.13. The van der Waals surface area contributed by atoms with Crippen LogP contribution in [-0.2, 0) is 11.3 Å². The van der Waals surface area contributed by atoms with E-state index in [1.807, 2.05) is 6.92 Å². The molecule has 3 rings (SSSR count). The minimum atomic E-state index is -0.0142. The molecule has 2 aromatic heterocycles. The Balaban J connectivity index is 2.14. The summed E-state index contributed by atoms with van der Waals surface area (Å²) in [4.78, 5) is 15.4. The molecule has 0 amide bonds. The Morgan fingerprint density at radius 3 is 3.06 bits per heavy atom. The van der Waals surface area contributed by atoms with Gasteiger partial charge in [0, 0.05) is 0 Å². The van der Waals surface area contributed by atoms with Crippen LogP contribution in [-0.4, -0.2) is 19.9 Å². The fourth-order valence-corrected chi connectivity index (χ4v) is 2.10. The van der Waals surface area contributed by atoms with Gasteiger partial charge in [0.25, 0.3) is 0 Å². The van der Waals surface area contributed by atoms with Crippen LogP contribution < -0.4 is 5.73 Å². The second-order valence-corrected chi connectivity index (χ2v) is 4.19. The molecule has 0 saturated heterocycles. The number of hydrogen-bond donors (Lipinski definition) is 2. The van der Waals surface area contributed by atoms with Crippen LogP contribution in [0.15, 0.2) is 6.33 Å². The zero-order valence-electron chi connectivity index (χ0n) is 9.07. The number of H-pyrrole nitrogens is 1. The van der Waals surface area contributed by atoms with E-state index in [1.54, 1.807) is 0 Å². The van der Waals surface area contributed by atoms with Gasteiger partial charge in [0.2, 0.25) is 0 Å². The van der Waals surface area contributed by atoms with E-state index in [0.29, 0.717) is 29.0 Å². The summed E-state index contributed by atoms with van der Waals surface area (Å²) in [5.74, 6) is 0.902. The Morgan fingerprint density at radius 2 is 2.35 bits per heavy atom. The second kappa shape index (κ2) is 3.68. The zero-order chi connectivity index (χ0) is 12.0. The predicted octanol–water partition coefficient (Wildman–Crippen LogP) is 1.69. The van der Waals surface area contributed by atoms with Gasteiger partial charge in [0.1, 0.15) is 23.1 Å². The predicted molar refractivity (Wildman–Crippen MR) is 62.2 cm³/mol. The van der Waals surface area contributed by atoms with Crippen molar-refractivity contribution in [1.82, 2.24) is 19.9 Å². The molecule has 1 unspecified atom stereocenters. The minimum Gasteiger partial charge on any atom is -0.383 e. The van der Waals surface area contributed by atoms with E-state index < -0.39 is 0 Å². The third kappa shape index (κ3) is 1.57. The summed E-state index contributed by atoms with van der Waals surface area (Å²) < 4.78 is 5.43. The smallest absolute Gasteiger partial charge is 0.145 e. The number of rotatable bonds is 1. The lowest BCUT2D eigenvalue weighted by Gasteiger charge is -2.04. The fourth-order valence-electron chi connectivity index (χ4n) is 1.87. The molecule has 17 heavy (non-hydrogen) atoms. The molecule has 0 bridgehead atoms. The highest BCUT2D eigenvalue weighted by atomic mass is 35.5. The Labute approximate surface area is 102 Å². The lowest BCUT2D eigenvalue weighted by atomic mass is 10.3. The average Bonchev–Trinajstić information content (AvgIpc) is 2.82. The zero-order valence-corrected chi connectivity index (χ0v) is 9.82. The normalized spacial score (nSPS) is 18.4. The number of hydrogen-bond acceptors (Lipinski definition) is 5. The molecule has 1 atom stereocenters. The van der Waals surface area contributed by atoms with Gasteiger partial charge < -0.3 is 15.5 Å². The number of anilines is 1. The molecule has 0 radical (unpaired) electrons. The van der Waals surface area contributed by atoms with Crippen molar-refractivity contribution >= 4 is 17.4 Å². The summed E-state index contributed by atoms with van der Waals surface area (Å²) in [5.41, 5.74) is 8.16. The number of nitrogens with one attached hydrogen (secondary N) is 1. The second-order valence-electron chi connectivity index (χ2n) is 3.83. The molecule has 3 N–H and O–H groups in total. The van der Waals surface area contributed by atoms with Gasteiger partial charge in [-0.2, -0.15) is 0 Å². The third-order valence-electron chi connectivity index (χ3n) is 2.74. The van der Waals surface area contributed by atoms with Crippen molar-refractivity contribution in [3.8, 4) is 11.4 Å². The molecule has 1 aliphatic heterocycles. The van der Waals surface area contributed by atoms with Crippen LogP contribution in [0.1, 0.15) is 24.4 Å². The van der Waals surface area contributed by atoms with Gasteiger partial charge >= 0.3 is 0 Å². The highest BCUT2D eigenvalue weighted by Gasteiger charge is 2.25. The van der Waals surface area contributed by atoms with Crippen LogP contribution in [0.25, 0.3) is 11.4 Å². The van der Waals surface area contributed by atoms with Gasteiger partial charge in [0.05, 0.1) is 29.7 Å². The van der Waals surface area contributed by atoms with E-state index in [4.69, 9.17) is 22.1 Å². The fraction of sp³-hybridized carbons (Fsp3) is 0.300. The first-order chi connectivity index (χ1) is 8.16. The summed E-state index contributed by atoms with van der Waals surface area (Å²) in [6.45, 7) is 2.47. The molecule has 0 fully saturated rings. The van der Waals surface area contributed by atoms with Crippen molar-refractivity contribution in [2.24, 2.45) is 0 Å². The Kier molecular flexibility index (Phi) is 2.27. The van der Waals surface area contributed by atoms with E-state index in [9.17, 15) is 0 Å². The van der Waals surface area contributed by atoms with E-state index >= 15 is 0 Å². The molecular weight excluding hydrogens is 242 g/mol. The summed E-state index contributed by atoms with van der Waals surface area (Å²) >= 11 is 6.00. The van der Waals surface area contributed by atoms with Gasteiger partial charge in [-0.1, -0.05) is 11.6 Å². The van der Waals surface area contributed by atoms with Crippen LogP contribution in [0.4, 0.5) is 5.82 Å². The van der Waals surface area contributed by atoms with Gasteiger partial charge in [-0.05, 0) is 6.92 Å². The van der Waals surface area contributed by atoms with Crippen LogP contribution in [0.5, 0.6) is 0 Å². The van der Waals surface area contributed by atoms with Crippen LogP contribution in [0, 0.1) is 0 Å². The van der Waals surface area contributed by atoms with Gasteiger partial charge in [-0.25, -0.2) is 15.0 Å². The molecule has 0 aromatic carbocycles. The van der Waals surface area contributed by atoms with Gasteiger partial charge in [-0.3, -0.25) is 0 Å². The molecule has 0 aliphatic carbocycles. The number of ether oxygens (including phenoxy) is 1. The van der Waals surface area contributed by atoms with E-state index in [0.717, 1.165) is 11.4 Å². The first kappa shape index (κ1) is 10.5. The van der Waals surface area contributed by atoms with Crippen molar-refractivity contribution < 1.29 is 4.74 Å². The largest absolute Gasteiger partial charge is 0.383 e. The van der Waals surface area contributed by atoms with Crippen LogP contribution in [0.3, 0.4) is 0 Å². The number of nitrogens with zero attached hydrogens (tertiary/aromatic N) is 3. The molecule has 88 valence electrons. The molecule has 2 aromatic rings. The SMILES string of the molecule is CC1OCc2[nH]c(-c3c(N)ncnc3Cl)nc21. The molecule has 7 heteroatoms. The standard InChI is InChI=1S/C10H10ClN5O/c1-4-7-5(2-17-4)15-10(16-7)6-8(11)13-3-14-9(6)12/h3-4H,2H2,1H3,(H,15,16)(H2,12,13,14). The summed E-state index contributed by atoms with van der Waals surface area (Å²) in [6.07, 6.45) is 1.31. The summed E-state index contributed by atoms with van der Waals surface area (Å²) in [7, 11) is 0. The first-order valence-corrected chi connectivity index (χ1v) is 5.51. The van der Waals surface area contributed by atoms with Gasteiger partial charge in [0.15, 0.2) is 0 Å². The van der Waals surface area contributed by atoms with Crippen molar-refractivity contribution in [3.63, 3.8) is 0 Å². The van der Waals surface area contributed by atoms with Crippen molar-refractivity contribution in [3.05, 3.63) is 22.9 Å². The van der Waals surface area contributed by atoms with Gasteiger partial charge in [-0.15, -0.1) is 0 Å². The molecule has 0 spiro atoms. The highest BCUT2D eigenvalue weighted by molar-refractivity contribution is 6.32.